The summed E-state index contributed by atoms with van der Waals surface area (Å²) in [6.07, 6.45) is 0. The van der Waals surface area contributed by atoms with E-state index >= 15 is 0 Å². The van der Waals surface area contributed by atoms with Crippen molar-refractivity contribution in [3.05, 3.63) is 29.8 Å². The van der Waals surface area contributed by atoms with Crippen molar-refractivity contribution in [3.63, 3.8) is 0 Å². The molecule has 0 fully saturated rings. The van der Waals surface area contributed by atoms with Crippen molar-refractivity contribution < 1.29 is 0 Å². The second kappa shape index (κ2) is 3.40. The number of hydrogen-bond donors (Lipinski definition) is 1. The predicted molar refractivity (Wildman–Crippen MR) is 48.1 cm³/mol. The highest BCUT2D eigenvalue weighted by Gasteiger charge is 2.03. The van der Waals surface area contributed by atoms with Crippen LogP contribution in [0, 0.1) is 11.3 Å². The first-order chi connectivity index (χ1) is 5.24. The van der Waals surface area contributed by atoms with Crippen molar-refractivity contribution in [2.75, 3.05) is 5.73 Å². The van der Waals surface area contributed by atoms with E-state index in [4.69, 9.17) is 11.0 Å². The summed E-state index contributed by atoms with van der Waals surface area (Å²) in [5, 5.41) is 8.54. The average molecular weight is 211 g/mol. The van der Waals surface area contributed by atoms with Crippen LogP contribution < -0.4 is 5.73 Å². The van der Waals surface area contributed by atoms with Gasteiger partial charge in [-0.15, -0.1) is 0 Å². The Morgan fingerprint density at radius 1 is 1.55 bits per heavy atom. The van der Waals surface area contributed by atoms with Gasteiger partial charge < -0.3 is 5.73 Å². The van der Waals surface area contributed by atoms with Crippen LogP contribution in [0.25, 0.3) is 0 Å². The van der Waals surface area contributed by atoms with Crippen LogP contribution in [0.15, 0.2) is 24.3 Å². The largest absolute Gasteiger partial charge is 0.399 e. The fraction of sp³-hybridized carbons (Fsp3) is 0.125. The third-order valence-corrected chi connectivity index (χ3v) is 2.05. The molecule has 0 amide bonds. The molecule has 0 aliphatic rings. The molecule has 56 valence electrons. The first-order valence-electron chi connectivity index (χ1n) is 3.13. The molecule has 0 aromatic heterocycles. The summed E-state index contributed by atoms with van der Waals surface area (Å²) in [5.74, 6) is 0. The topological polar surface area (TPSA) is 49.8 Å². The average Bonchev–Trinajstić information content (AvgIpc) is 2.03. The van der Waals surface area contributed by atoms with Crippen LogP contribution in [0.1, 0.15) is 10.4 Å². The standard InChI is InChI=1S/C8H7BrN2/c9-8(5-10)6-2-1-3-7(11)4-6/h1-4,8H,11H2. The molecular weight excluding hydrogens is 204 g/mol. The second-order valence-electron chi connectivity index (χ2n) is 2.16. The zero-order valence-corrected chi connectivity index (χ0v) is 7.38. The van der Waals surface area contributed by atoms with Crippen molar-refractivity contribution in [1.29, 1.82) is 5.26 Å². The zero-order chi connectivity index (χ0) is 8.27. The molecule has 0 bridgehead atoms. The molecule has 1 atom stereocenters. The van der Waals surface area contributed by atoms with Crippen LogP contribution in [0.2, 0.25) is 0 Å². The molecule has 0 aliphatic heterocycles. The van der Waals surface area contributed by atoms with Crippen molar-refractivity contribution in [1.82, 2.24) is 0 Å². The highest BCUT2D eigenvalue weighted by Crippen LogP contribution is 2.22. The van der Waals surface area contributed by atoms with E-state index in [0.29, 0.717) is 5.69 Å². The molecule has 2 N–H and O–H groups in total. The van der Waals surface area contributed by atoms with E-state index in [1.165, 1.54) is 0 Å². The molecule has 0 aliphatic carbocycles. The molecule has 2 nitrogen and oxygen atoms in total. The number of hydrogen-bond acceptors (Lipinski definition) is 2. The number of rotatable bonds is 1. The lowest BCUT2D eigenvalue weighted by Gasteiger charge is -2.00. The lowest BCUT2D eigenvalue weighted by molar-refractivity contribution is 1.25. The van der Waals surface area contributed by atoms with E-state index in [0.717, 1.165) is 5.56 Å². The Labute approximate surface area is 73.8 Å². The van der Waals surface area contributed by atoms with E-state index in [1.54, 1.807) is 12.1 Å². The lowest BCUT2D eigenvalue weighted by atomic mass is 10.1. The third-order valence-electron chi connectivity index (χ3n) is 1.32. The van der Waals surface area contributed by atoms with Gasteiger partial charge >= 0.3 is 0 Å². The Balaban J connectivity index is 2.98. The maximum atomic E-state index is 8.54. The van der Waals surface area contributed by atoms with Gasteiger partial charge in [0.05, 0.1) is 6.07 Å². The summed E-state index contributed by atoms with van der Waals surface area (Å²) in [5.41, 5.74) is 7.10. The third kappa shape index (κ3) is 1.95. The smallest absolute Gasteiger partial charge is 0.126 e. The lowest BCUT2D eigenvalue weighted by Crippen LogP contribution is -1.89. The first-order valence-corrected chi connectivity index (χ1v) is 4.04. The molecule has 1 unspecified atom stereocenters. The van der Waals surface area contributed by atoms with Crippen molar-refractivity contribution in [2.45, 2.75) is 4.83 Å². The number of nitrogens with two attached hydrogens (primary N) is 1. The summed E-state index contributed by atoms with van der Waals surface area (Å²) in [6, 6.07) is 9.33. The molecule has 1 aromatic rings. The van der Waals surface area contributed by atoms with Gasteiger partial charge in [0.2, 0.25) is 0 Å². The molecule has 0 spiro atoms. The number of alkyl halides is 1. The van der Waals surface area contributed by atoms with Crippen molar-refractivity contribution >= 4 is 21.6 Å². The normalized spacial score (nSPS) is 12.0. The number of benzene rings is 1. The van der Waals surface area contributed by atoms with Gasteiger partial charge in [-0.2, -0.15) is 5.26 Å². The monoisotopic (exact) mass is 210 g/mol. The van der Waals surface area contributed by atoms with Crippen LogP contribution in [0.4, 0.5) is 5.69 Å². The summed E-state index contributed by atoms with van der Waals surface area (Å²) in [4.78, 5) is -0.258. The van der Waals surface area contributed by atoms with Gasteiger partial charge in [-0.1, -0.05) is 28.1 Å². The number of nitrogens with zero attached hydrogens (tertiary/aromatic N) is 1. The second-order valence-corrected chi connectivity index (χ2v) is 3.08. The van der Waals surface area contributed by atoms with E-state index in [-0.39, 0.29) is 4.83 Å². The summed E-state index contributed by atoms with van der Waals surface area (Å²) in [7, 11) is 0. The van der Waals surface area contributed by atoms with Gasteiger partial charge in [0.25, 0.3) is 0 Å². The summed E-state index contributed by atoms with van der Waals surface area (Å²) >= 11 is 3.20. The number of nitrogen functional groups attached to an aromatic ring is 1. The van der Waals surface area contributed by atoms with Crippen LogP contribution in [0.3, 0.4) is 0 Å². The molecule has 3 heteroatoms. The maximum Gasteiger partial charge on any atom is 0.126 e. The summed E-state index contributed by atoms with van der Waals surface area (Å²) < 4.78 is 0. The van der Waals surface area contributed by atoms with E-state index in [2.05, 4.69) is 22.0 Å². The molecule has 0 saturated heterocycles. The minimum Gasteiger partial charge on any atom is -0.399 e. The Morgan fingerprint density at radius 2 is 2.27 bits per heavy atom. The van der Waals surface area contributed by atoms with Crippen molar-refractivity contribution in [3.8, 4) is 6.07 Å². The Hall–Kier alpha value is -1.01. The van der Waals surface area contributed by atoms with E-state index < -0.39 is 0 Å². The molecule has 0 heterocycles. The Morgan fingerprint density at radius 3 is 2.82 bits per heavy atom. The highest BCUT2D eigenvalue weighted by molar-refractivity contribution is 9.09. The predicted octanol–water partition coefficient (Wildman–Crippen LogP) is 2.23. The van der Waals surface area contributed by atoms with Crippen LogP contribution >= 0.6 is 15.9 Å². The first kappa shape index (κ1) is 8.09. The van der Waals surface area contributed by atoms with Gasteiger partial charge in [0.15, 0.2) is 0 Å². The van der Waals surface area contributed by atoms with Gasteiger partial charge in [-0.05, 0) is 17.7 Å². The number of anilines is 1. The fourth-order valence-electron chi connectivity index (χ4n) is 0.791. The van der Waals surface area contributed by atoms with E-state index in [1.807, 2.05) is 12.1 Å². The molecule has 0 radical (unpaired) electrons. The van der Waals surface area contributed by atoms with Gasteiger partial charge in [-0.25, -0.2) is 0 Å². The van der Waals surface area contributed by atoms with Crippen LogP contribution in [-0.4, -0.2) is 0 Å². The quantitative estimate of drug-likeness (QED) is 0.571. The van der Waals surface area contributed by atoms with Gasteiger partial charge in [0.1, 0.15) is 4.83 Å². The highest BCUT2D eigenvalue weighted by atomic mass is 79.9. The number of halogens is 1. The maximum absolute atomic E-state index is 8.54. The molecule has 1 rings (SSSR count). The van der Waals surface area contributed by atoms with Gasteiger partial charge in [-0.3, -0.25) is 0 Å². The molecule has 1 aromatic carbocycles. The minimum atomic E-state index is -0.258. The zero-order valence-electron chi connectivity index (χ0n) is 5.79. The minimum absolute atomic E-state index is 0.258. The van der Waals surface area contributed by atoms with Crippen molar-refractivity contribution in [2.24, 2.45) is 0 Å². The Bertz CT molecular complexity index is 290. The molecule has 0 saturated carbocycles. The number of nitriles is 1. The SMILES string of the molecule is N#CC(Br)c1cccc(N)c1. The fourth-order valence-corrected chi connectivity index (χ4v) is 1.08. The summed E-state index contributed by atoms with van der Waals surface area (Å²) in [6.45, 7) is 0. The Kier molecular flexibility index (Phi) is 2.50. The van der Waals surface area contributed by atoms with Crippen LogP contribution in [-0.2, 0) is 0 Å². The molecular formula is C8H7BrN2. The molecule has 11 heavy (non-hydrogen) atoms. The van der Waals surface area contributed by atoms with Crippen LogP contribution in [0.5, 0.6) is 0 Å². The van der Waals surface area contributed by atoms with Gasteiger partial charge in [0, 0.05) is 5.69 Å². The van der Waals surface area contributed by atoms with E-state index in [9.17, 15) is 0 Å².